The number of hydrogen-bond donors (Lipinski definition) is 1. The van der Waals surface area contributed by atoms with E-state index in [4.69, 9.17) is 4.74 Å². The Morgan fingerprint density at radius 3 is 2.81 bits per heavy atom. The second-order valence-electron chi connectivity index (χ2n) is 4.87. The number of nitrogens with zero attached hydrogens (tertiary/aromatic N) is 1. The summed E-state index contributed by atoms with van der Waals surface area (Å²) in [7, 11) is 0. The molecule has 0 spiro atoms. The molecule has 2 fully saturated rings. The molecule has 0 unspecified atom stereocenters. The van der Waals surface area contributed by atoms with E-state index < -0.39 is 6.09 Å². The highest BCUT2D eigenvalue weighted by atomic mass is 16.5. The molecule has 16 heavy (non-hydrogen) atoms. The fourth-order valence-corrected chi connectivity index (χ4v) is 3.14. The van der Waals surface area contributed by atoms with Gasteiger partial charge in [-0.25, -0.2) is 10.2 Å². The van der Waals surface area contributed by atoms with Crippen molar-refractivity contribution < 1.29 is 9.53 Å². The minimum atomic E-state index is -0.454. The van der Waals surface area contributed by atoms with Crippen molar-refractivity contribution in [2.75, 3.05) is 6.61 Å². The predicted molar refractivity (Wildman–Crippen MR) is 62.2 cm³/mol. The average molecular weight is 224 g/mol. The number of nitrogens with one attached hydrogen (secondary N) is 1. The Kier molecular flexibility index (Phi) is 3.46. The molecule has 0 radical (unpaired) electrons. The van der Waals surface area contributed by atoms with E-state index >= 15 is 0 Å². The molecule has 2 saturated carbocycles. The number of carbonyl (C=O) groups excluding carboxylic acids is 1. The molecule has 0 saturated heterocycles. The molecule has 4 nitrogen and oxygen atoms in total. The summed E-state index contributed by atoms with van der Waals surface area (Å²) in [5.41, 5.74) is 3.50. The van der Waals surface area contributed by atoms with Crippen LogP contribution in [0.4, 0.5) is 4.79 Å². The van der Waals surface area contributed by atoms with Crippen molar-refractivity contribution in [3.05, 3.63) is 0 Å². The number of ether oxygens (including phenoxy) is 1. The molecule has 2 rings (SSSR count). The molecule has 2 bridgehead atoms. The molecule has 0 aromatic carbocycles. The lowest BCUT2D eigenvalue weighted by atomic mass is 9.86. The summed E-state index contributed by atoms with van der Waals surface area (Å²) in [6, 6.07) is 0. The maximum Gasteiger partial charge on any atom is 0.427 e. The summed E-state index contributed by atoms with van der Waals surface area (Å²) in [4.78, 5) is 11.1. The van der Waals surface area contributed by atoms with Crippen molar-refractivity contribution in [2.45, 2.75) is 39.5 Å². The second-order valence-corrected chi connectivity index (χ2v) is 4.87. The van der Waals surface area contributed by atoms with Gasteiger partial charge in [-0.1, -0.05) is 6.42 Å². The van der Waals surface area contributed by atoms with Crippen LogP contribution in [0.1, 0.15) is 39.5 Å². The van der Waals surface area contributed by atoms with Gasteiger partial charge in [0.1, 0.15) is 0 Å². The van der Waals surface area contributed by atoms with Crippen molar-refractivity contribution in [3.63, 3.8) is 0 Å². The molecule has 1 amide bonds. The number of amides is 1. The molecule has 4 heteroatoms. The number of fused-ring (bicyclic) bond motifs is 2. The van der Waals surface area contributed by atoms with E-state index in [1.807, 2.05) is 6.92 Å². The van der Waals surface area contributed by atoms with Gasteiger partial charge >= 0.3 is 6.09 Å². The van der Waals surface area contributed by atoms with Gasteiger partial charge in [0.25, 0.3) is 0 Å². The number of hydrazone groups is 1. The molecule has 0 aromatic heterocycles. The van der Waals surface area contributed by atoms with E-state index in [-0.39, 0.29) is 0 Å². The summed E-state index contributed by atoms with van der Waals surface area (Å²) in [5.74, 6) is 2.29. The summed E-state index contributed by atoms with van der Waals surface area (Å²) < 4.78 is 4.76. The fraction of sp³-hybridized carbons (Fsp3) is 0.833. The summed E-state index contributed by atoms with van der Waals surface area (Å²) in [6.45, 7) is 4.18. The number of rotatable bonds is 3. The van der Waals surface area contributed by atoms with Crippen molar-refractivity contribution in [1.29, 1.82) is 0 Å². The summed E-state index contributed by atoms with van der Waals surface area (Å²) in [5, 5.41) is 4.14. The first-order valence-corrected chi connectivity index (χ1v) is 6.17. The van der Waals surface area contributed by atoms with E-state index in [2.05, 4.69) is 10.5 Å². The van der Waals surface area contributed by atoms with E-state index in [0.29, 0.717) is 12.5 Å². The Labute approximate surface area is 96.4 Å². The third kappa shape index (κ3) is 2.36. The molecule has 0 heterocycles. The van der Waals surface area contributed by atoms with Crippen molar-refractivity contribution >= 4 is 11.8 Å². The molecule has 0 aromatic rings. The highest BCUT2D eigenvalue weighted by molar-refractivity contribution is 5.86. The van der Waals surface area contributed by atoms with Crippen molar-refractivity contribution in [2.24, 2.45) is 22.9 Å². The second kappa shape index (κ2) is 4.85. The van der Waals surface area contributed by atoms with Gasteiger partial charge in [-0.3, -0.25) is 0 Å². The van der Waals surface area contributed by atoms with Crippen LogP contribution in [-0.2, 0) is 4.74 Å². The first-order chi connectivity index (χ1) is 7.70. The third-order valence-electron chi connectivity index (χ3n) is 3.87. The largest absolute Gasteiger partial charge is 0.449 e. The molecule has 1 N–H and O–H groups in total. The molecule has 0 aliphatic heterocycles. The van der Waals surface area contributed by atoms with Crippen LogP contribution in [0.5, 0.6) is 0 Å². The topological polar surface area (TPSA) is 50.7 Å². The molecule has 2 aliphatic carbocycles. The molecular weight excluding hydrogens is 204 g/mol. The van der Waals surface area contributed by atoms with E-state index in [1.54, 1.807) is 6.92 Å². The van der Waals surface area contributed by atoms with Crippen LogP contribution >= 0.6 is 0 Å². The van der Waals surface area contributed by atoms with Gasteiger partial charge in [0, 0.05) is 11.6 Å². The maximum absolute atomic E-state index is 11.1. The van der Waals surface area contributed by atoms with Gasteiger partial charge in [-0.05, 0) is 44.9 Å². The normalized spacial score (nSPS) is 32.9. The zero-order chi connectivity index (χ0) is 11.5. The third-order valence-corrected chi connectivity index (χ3v) is 3.87. The minimum absolute atomic E-state index is 0.383. The Morgan fingerprint density at radius 2 is 2.25 bits per heavy atom. The van der Waals surface area contributed by atoms with Crippen LogP contribution in [0.3, 0.4) is 0 Å². The predicted octanol–water partition coefficient (Wildman–Crippen LogP) is 2.54. The van der Waals surface area contributed by atoms with Crippen LogP contribution in [-0.4, -0.2) is 18.4 Å². The quantitative estimate of drug-likeness (QED) is 0.591. The summed E-state index contributed by atoms with van der Waals surface area (Å²) >= 11 is 0. The average Bonchev–Trinajstić information content (AvgIpc) is 2.88. The van der Waals surface area contributed by atoms with E-state index in [1.165, 1.54) is 25.7 Å². The van der Waals surface area contributed by atoms with Gasteiger partial charge in [0.05, 0.1) is 6.61 Å². The standard InChI is InChI=1S/C12H20N2O2/c1-3-16-12(15)14-13-8(2)11-7-9-4-5-10(11)6-9/h9-11H,3-7H2,1-2H3,(H,14,15)/b13-8-/t9-,10-,11-/m1/s1. The van der Waals surface area contributed by atoms with Gasteiger partial charge in [-0.2, -0.15) is 5.10 Å². The molecule has 90 valence electrons. The SMILES string of the molecule is CCOC(=O)N/N=C(/C)[C@H]1C[C@@H]2CC[C@@H]1C2. The van der Waals surface area contributed by atoms with Crippen LogP contribution in [0, 0.1) is 17.8 Å². The summed E-state index contributed by atoms with van der Waals surface area (Å²) in [6.07, 6.45) is 4.88. The number of carbonyl (C=O) groups is 1. The van der Waals surface area contributed by atoms with Crippen LogP contribution in [0.25, 0.3) is 0 Å². The maximum atomic E-state index is 11.1. The highest BCUT2D eigenvalue weighted by Gasteiger charge is 2.40. The van der Waals surface area contributed by atoms with Crippen LogP contribution in [0.2, 0.25) is 0 Å². The van der Waals surface area contributed by atoms with Crippen molar-refractivity contribution in [1.82, 2.24) is 5.43 Å². The zero-order valence-corrected chi connectivity index (χ0v) is 10.0. The Bertz CT molecular complexity index is 301. The monoisotopic (exact) mass is 224 g/mol. The lowest BCUT2D eigenvalue weighted by Gasteiger charge is -2.21. The van der Waals surface area contributed by atoms with Gasteiger partial charge in [0.2, 0.25) is 0 Å². The number of hydrogen-bond acceptors (Lipinski definition) is 3. The van der Waals surface area contributed by atoms with E-state index in [9.17, 15) is 4.79 Å². The smallest absolute Gasteiger partial charge is 0.427 e. The van der Waals surface area contributed by atoms with Crippen molar-refractivity contribution in [3.8, 4) is 0 Å². The van der Waals surface area contributed by atoms with Crippen LogP contribution < -0.4 is 5.43 Å². The van der Waals surface area contributed by atoms with E-state index in [0.717, 1.165) is 17.5 Å². The first kappa shape index (κ1) is 11.4. The van der Waals surface area contributed by atoms with Gasteiger partial charge in [0.15, 0.2) is 0 Å². The molecule has 3 atom stereocenters. The highest BCUT2D eigenvalue weighted by Crippen LogP contribution is 2.48. The van der Waals surface area contributed by atoms with Crippen LogP contribution in [0.15, 0.2) is 5.10 Å². The Hall–Kier alpha value is -1.06. The van der Waals surface area contributed by atoms with Gasteiger partial charge in [-0.15, -0.1) is 0 Å². The van der Waals surface area contributed by atoms with Gasteiger partial charge < -0.3 is 4.74 Å². The minimum Gasteiger partial charge on any atom is -0.449 e. The molecule has 2 aliphatic rings. The lowest BCUT2D eigenvalue weighted by molar-refractivity contribution is 0.152. The zero-order valence-electron chi connectivity index (χ0n) is 10.0. The Balaban J connectivity index is 1.85. The first-order valence-electron chi connectivity index (χ1n) is 6.17. The Morgan fingerprint density at radius 1 is 1.44 bits per heavy atom. The lowest BCUT2D eigenvalue weighted by Crippen LogP contribution is -2.25. The fourth-order valence-electron chi connectivity index (χ4n) is 3.14. The molecular formula is C12H20N2O2.